The lowest BCUT2D eigenvalue weighted by molar-refractivity contribution is 0.0908. The van der Waals surface area contributed by atoms with E-state index >= 15 is 0 Å². The van der Waals surface area contributed by atoms with Gasteiger partial charge in [0, 0.05) is 6.20 Å². The molecule has 0 saturated carbocycles. The Balaban J connectivity index is 2.47. The molecule has 2 heterocycles. The minimum absolute atomic E-state index is 0.0561. The van der Waals surface area contributed by atoms with Gasteiger partial charge in [-0.1, -0.05) is 19.9 Å². The summed E-state index contributed by atoms with van der Waals surface area (Å²) >= 11 is 0. The van der Waals surface area contributed by atoms with Crippen molar-refractivity contribution < 1.29 is 9.90 Å². The van der Waals surface area contributed by atoms with E-state index in [0.717, 1.165) is 16.9 Å². The Morgan fingerprint density at radius 2 is 2.25 bits per heavy atom. The fourth-order valence-electron chi connectivity index (χ4n) is 2.27. The summed E-state index contributed by atoms with van der Waals surface area (Å²) in [6.45, 7) is 5.84. The average Bonchev–Trinajstić information content (AvgIpc) is 2.84. The molecule has 0 fully saturated rings. The van der Waals surface area contributed by atoms with Crippen LogP contribution < -0.4 is 5.32 Å². The lowest BCUT2D eigenvalue weighted by Crippen LogP contribution is -2.37. The average molecular weight is 275 g/mol. The second-order valence-corrected chi connectivity index (χ2v) is 4.91. The number of aromatic nitrogens is 2. The quantitative estimate of drug-likeness (QED) is 0.873. The molecule has 2 aromatic rings. The normalized spacial score (nSPS) is 12.6. The smallest absolute Gasteiger partial charge is 0.270 e. The molecule has 1 unspecified atom stereocenters. The first-order valence-electron chi connectivity index (χ1n) is 7.00. The summed E-state index contributed by atoms with van der Waals surface area (Å²) in [5.74, 6) is -0.180. The molecule has 108 valence electrons. The number of nitrogens with one attached hydrogen (secondary N) is 1. The number of hydrogen-bond donors (Lipinski definition) is 2. The number of fused-ring (bicyclic) bond motifs is 1. The van der Waals surface area contributed by atoms with E-state index in [-0.39, 0.29) is 18.6 Å². The van der Waals surface area contributed by atoms with Gasteiger partial charge < -0.3 is 10.4 Å². The zero-order chi connectivity index (χ0) is 14.7. The van der Waals surface area contributed by atoms with Gasteiger partial charge >= 0.3 is 0 Å². The molecule has 1 amide bonds. The first-order valence-corrected chi connectivity index (χ1v) is 7.00. The van der Waals surface area contributed by atoms with Crippen molar-refractivity contribution in [1.82, 2.24) is 14.7 Å². The van der Waals surface area contributed by atoms with Crippen LogP contribution in [0.3, 0.4) is 0 Å². The van der Waals surface area contributed by atoms with Gasteiger partial charge in [0.15, 0.2) is 0 Å². The van der Waals surface area contributed by atoms with Crippen LogP contribution in [0.1, 0.15) is 42.0 Å². The van der Waals surface area contributed by atoms with Gasteiger partial charge in [-0.3, -0.25) is 9.20 Å². The van der Waals surface area contributed by atoms with Gasteiger partial charge in [0.1, 0.15) is 11.3 Å². The van der Waals surface area contributed by atoms with Gasteiger partial charge in [0.2, 0.25) is 0 Å². The number of hydrogen-bond acceptors (Lipinski definition) is 3. The van der Waals surface area contributed by atoms with E-state index in [2.05, 4.69) is 10.3 Å². The highest BCUT2D eigenvalue weighted by Crippen LogP contribution is 2.16. The molecular weight excluding hydrogens is 254 g/mol. The lowest BCUT2D eigenvalue weighted by atomic mass is 10.2. The van der Waals surface area contributed by atoms with Crippen molar-refractivity contribution >= 4 is 11.6 Å². The van der Waals surface area contributed by atoms with Crippen molar-refractivity contribution in [1.29, 1.82) is 0 Å². The molecule has 0 bridgehead atoms. The molecule has 5 nitrogen and oxygen atoms in total. The molecule has 0 saturated heterocycles. The van der Waals surface area contributed by atoms with E-state index < -0.39 is 0 Å². The third-order valence-corrected chi connectivity index (χ3v) is 3.52. The van der Waals surface area contributed by atoms with Gasteiger partial charge in [-0.15, -0.1) is 0 Å². The van der Waals surface area contributed by atoms with Crippen LogP contribution in [-0.2, 0) is 6.42 Å². The number of nitrogens with zero attached hydrogens (tertiary/aromatic N) is 2. The largest absolute Gasteiger partial charge is 0.394 e. The van der Waals surface area contributed by atoms with Crippen LogP contribution in [0.2, 0.25) is 0 Å². The van der Waals surface area contributed by atoms with E-state index in [0.29, 0.717) is 18.5 Å². The Hall–Kier alpha value is -1.88. The Labute approximate surface area is 118 Å². The van der Waals surface area contributed by atoms with Crippen LogP contribution in [0.5, 0.6) is 0 Å². The summed E-state index contributed by atoms with van der Waals surface area (Å²) < 4.78 is 1.83. The molecule has 0 aliphatic carbocycles. The van der Waals surface area contributed by atoms with Crippen molar-refractivity contribution in [2.75, 3.05) is 6.61 Å². The van der Waals surface area contributed by atoms with Gasteiger partial charge in [-0.05, 0) is 31.4 Å². The highest BCUT2D eigenvalue weighted by atomic mass is 16.3. The minimum atomic E-state index is -0.220. The topological polar surface area (TPSA) is 66.6 Å². The summed E-state index contributed by atoms with van der Waals surface area (Å²) in [4.78, 5) is 17.0. The van der Waals surface area contributed by atoms with E-state index in [4.69, 9.17) is 0 Å². The molecule has 20 heavy (non-hydrogen) atoms. The number of amides is 1. The van der Waals surface area contributed by atoms with E-state index in [1.165, 1.54) is 0 Å². The summed E-state index contributed by atoms with van der Waals surface area (Å²) in [7, 11) is 0. The maximum Gasteiger partial charge on any atom is 0.270 e. The van der Waals surface area contributed by atoms with E-state index in [1.807, 2.05) is 43.5 Å². The summed E-state index contributed by atoms with van der Waals surface area (Å²) in [5.41, 5.74) is 3.20. The number of carbonyl (C=O) groups excluding carboxylic acids is 1. The molecular formula is C15H21N3O2. The Morgan fingerprint density at radius 1 is 1.50 bits per heavy atom. The van der Waals surface area contributed by atoms with Gasteiger partial charge in [-0.2, -0.15) is 0 Å². The van der Waals surface area contributed by atoms with Crippen LogP contribution in [-0.4, -0.2) is 33.0 Å². The van der Waals surface area contributed by atoms with Gasteiger partial charge in [0.25, 0.3) is 5.91 Å². The number of aryl methyl sites for hydroxylation is 2. The molecule has 2 N–H and O–H groups in total. The van der Waals surface area contributed by atoms with Crippen LogP contribution >= 0.6 is 0 Å². The van der Waals surface area contributed by atoms with Crippen LogP contribution in [0, 0.1) is 6.92 Å². The van der Waals surface area contributed by atoms with Crippen molar-refractivity contribution in [3.63, 3.8) is 0 Å². The molecule has 5 heteroatoms. The number of pyridine rings is 1. The third-order valence-electron chi connectivity index (χ3n) is 3.52. The zero-order valence-corrected chi connectivity index (χ0v) is 12.2. The highest BCUT2D eigenvalue weighted by molar-refractivity contribution is 5.95. The minimum Gasteiger partial charge on any atom is -0.394 e. The Kier molecular flexibility index (Phi) is 4.39. The second kappa shape index (κ2) is 6.05. The maximum absolute atomic E-state index is 12.5. The van der Waals surface area contributed by atoms with Crippen molar-refractivity contribution in [2.45, 2.75) is 39.7 Å². The monoisotopic (exact) mass is 275 g/mol. The predicted octanol–water partition coefficient (Wildman–Crippen LogP) is 1.71. The summed E-state index contributed by atoms with van der Waals surface area (Å²) in [6, 6.07) is 3.66. The van der Waals surface area contributed by atoms with E-state index in [1.54, 1.807) is 0 Å². The van der Waals surface area contributed by atoms with Crippen molar-refractivity contribution in [3.8, 4) is 0 Å². The number of rotatable bonds is 5. The first-order chi connectivity index (χ1) is 9.62. The maximum atomic E-state index is 12.5. The second-order valence-electron chi connectivity index (χ2n) is 4.91. The fraction of sp³-hybridized carbons (Fsp3) is 0.467. The summed E-state index contributed by atoms with van der Waals surface area (Å²) in [5, 5.41) is 12.1. The summed E-state index contributed by atoms with van der Waals surface area (Å²) in [6.07, 6.45) is 3.24. The Morgan fingerprint density at radius 3 is 2.85 bits per heavy atom. The highest BCUT2D eigenvalue weighted by Gasteiger charge is 2.20. The molecule has 0 radical (unpaired) electrons. The van der Waals surface area contributed by atoms with Gasteiger partial charge in [-0.25, -0.2) is 4.98 Å². The molecule has 0 aliphatic heterocycles. The van der Waals surface area contributed by atoms with Crippen LogP contribution in [0.25, 0.3) is 5.65 Å². The number of carbonyl (C=O) groups is 1. The van der Waals surface area contributed by atoms with Crippen molar-refractivity contribution in [2.24, 2.45) is 0 Å². The first kappa shape index (κ1) is 14.5. The fourth-order valence-corrected chi connectivity index (χ4v) is 2.27. The third kappa shape index (κ3) is 2.54. The van der Waals surface area contributed by atoms with Gasteiger partial charge in [0.05, 0.1) is 18.3 Å². The molecule has 1 atom stereocenters. The number of aliphatic hydroxyl groups is 1. The van der Waals surface area contributed by atoms with Crippen LogP contribution in [0.4, 0.5) is 0 Å². The zero-order valence-electron chi connectivity index (χ0n) is 12.2. The van der Waals surface area contributed by atoms with Crippen molar-refractivity contribution in [3.05, 3.63) is 35.3 Å². The van der Waals surface area contributed by atoms with Crippen LogP contribution in [0.15, 0.2) is 18.3 Å². The molecule has 0 spiro atoms. The molecule has 0 aromatic carbocycles. The van der Waals surface area contributed by atoms with E-state index in [9.17, 15) is 9.90 Å². The molecule has 0 aliphatic rings. The number of aliphatic hydroxyl groups excluding tert-OH is 1. The SMILES string of the molecule is CCc1nc2c(C)cccn2c1C(=O)NC(CC)CO. The number of imidazole rings is 1. The molecule has 2 rings (SSSR count). The lowest BCUT2D eigenvalue weighted by Gasteiger charge is -2.14. The standard InChI is InChI=1S/C15H21N3O2/c1-4-11(9-19)16-15(20)13-12(5-2)17-14-10(3)7-6-8-18(13)14/h6-8,11,19H,4-5,9H2,1-3H3,(H,16,20). The molecule has 2 aromatic heterocycles. The predicted molar refractivity (Wildman–Crippen MR) is 77.9 cm³/mol. The Bertz CT molecular complexity index is 615.